The summed E-state index contributed by atoms with van der Waals surface area (Å²) in [5.41, 5.74) is 6.10. The van der Waals surface area contributed by atoms with Gasteiger partial charge in [-0.25, -0.2) is 9.97 Å². The van der Waals surface area contributed by atoms with Crippen LogP contribution in [0.1, 0.15) is 32.3 Å². The van der Waals surface area contributed by atoms with E-state index in [0.717, 1.165) is 30.2 Å². The van der Waals surface area contributed by atoms with Gasteiger partial charge in [0, 0.05) is 24.6 Å². The summed E-state index contributed by atoms with van der Waals surface area (Å²) in [4.78, 5) is 19.2. The standard InChI is InChI=1S/C12H21N5O/c1-4-5-14-11-9(3)12(16-7-15-11)17-8(2)6-10(13)18/h7-8H,4-6H2,1-3H3,(H2,13,18)(H2,14,15,16,17). The lowest BCUT2D eigenvalue weighted by molar-refractivity contribution is -0.118. The molecule has 0 saturated carbocycles. The van der Waals surface area contributed by atoms with Crippen molar-refractivity contribution in [1.82, 2.24) is 9.97 Å². The molecular weight excluding hydrogens is 230 g/mol. The number of aromatic nitrogens is 2. The fourth-order valence-corrected chi connectivity index (χ4v) is 1.60. The van der Waals surface area contributed by atoms with E-state index in [4.69, 9.17) is 5.73 Å². The van der Waals surface area contributed by atoms with Crippen LogP contribution in [-0.4, -0.2) is 28.5 Å². The molecule has 4 N–H and O–H groups in total. The summed E-state index contributed by atoms with van der Waals surface area (Å²) in [6, 6.07) is -0.0462. The summed E-state index contributed by atoms with van der Waals surface area (Å²) >= 11 is 0. The molecule has 0 bridgehead atoms. The molecule has 1 amide bonds. The Bertz CT molecular complexity index is 407. The third kappa shape index (κ3) is 4.20. The molecule has 1 aromatic rings. The molecule has 1 unspecified atom stereocenters. The average molecular weight is 251 g/mol. The first-order valence-electron chi connectivity index (χ1n) is 6.14. The van der Waals surface area contributed by atoms with Crippen LogP contribution < -0.4 is 16.4 Å². The van der Waals surface area contributed by atoms with E-state index in [-0.39, 0.29) is 18.4 Å². The molecule has 0 radical (unpaired) electrons. The molecule has 6 nitrogen and oxygen atoms in total. The number of primary amides is 1. The van der Waals surface area contributed by atoms with Crippen molar-refractivity contribution in [3.63, 3.8) is 0 Å². The Morgan fingerprint density at radius 1 is 1.44 bits per heavy atom. The van der Waals surface area contributed by atoms with Crippen LogP contribution >= 0.6 is 0 Å². The minimum atomic E-state index is -0.328. The summed E-state index contributed by atoms with van der Waals surface area (Å²) in [6.45, 7) is 6.80. The van der Waals surface area contributed by atoms with Crippen molar-refractivity contribution in [2.75, 3.05) is 17.2 Å². The SMILES string of the molecule is CCCNc1ncnc(NC(C)CC(N)=O)c1C. The summed E-state index contributed by atoms with van der Waals surface area (Å²) < 4.78 is 0. The van der Waals surface area contributed by atoms with Crippen LogP contribution in [0, 0.1) is 6.92 Å². The molecule has 0 aliphatic heterocycles. The summed E-state index contributed by atoms with van der Waals surface area (Å²) in [7, 11) is 0. The summed E-state index contributed by atoms with van der Waals surface area (Å²) in [5, 5.41) is 6.40. The van der Waals surface area contributed by atoms with Gasteiger partial charge in [-0.05, 0) is 20.3 Å². The maximum Gasteiger partial charge on any atom is 0.219 e. The van der Waals surface area contributed by atoms with Crippen molar-refractivity contribution >= 4 is 17.5 Å². The average Bonchev–Trinajstić information content (AvgIpc) is 2.29. The number of carbonyl (C=O) groups excluding carboxylic acids is 1. The Kier molecular flexibility index (Phi) is 5.35. The van der Waals surface area contributed by atoms with Crippen molar-refractivity contribution in [2.24, 2.45) is 5.73 Å². The normalized spacial score (nSPS) is 11.9. The molecule has 0 saturated heterocycles. The van der Waals surface area contributed by atoms with Crippen molar-refractivity contribution < 1.29 is 4.79 Å². The zero-order chi connectivity index (χ0) is 13.5. The van der Waals surface area contributed by atoms with Crippen LogP contribution in [0.5, 0.6) is 0 Å². The van der Waals surface area contributed by atoms with E-state index in [1.54, 1.807) is 0 Å². The van der Waals surface area contributed by atoms with Gasteiger partial charge in [-0.3, -0.25) is 4.79 Å². The van der Waals surface area contributed by atoms with Gasteiger partial charge in [0.1, 0.15) is 18.0 Å². The van der Waals surface area contributed by atoms with Crippen LogP contribution in [0.3, 0.4) is 0 Å². The van der Waals surface area contributed by atoms with Gasteiger partial charge in [0.2, 0.25) is 5.91 Å². The van der Waals surface area contributed by atoms with Crippen molar-refractivity contribution in [2.45, 2.75) is 39.7 Å². The second kappa shape index (κ2) is 6.78. The lowest BCUT2D eigenvalue weighted by Gasteiger charge is -2.16. The highest BCUT2D eigenvalue weighted by Gasteiger charge is 2.10. The van der Waals surface area contributed by atoms with Gasteiger partial charge < -0.3 is 16.4 Å². The predicted octanol–water partition coefficient (Wildman–Crippen LogP) is 1.28. The number of carbonyl (C=O) groups is 1. The van der Waals surface area contributed by atoms with E-state index in [2.05, 4.69) is 27.5 Å². The van der Waals surface area contributed by atoms with E-state index in [0.29, 0.717) is 0 Å². The van der Waals surface area contributed by atoms with Crippen molar-refractivity contribution in [3.8, 4) is 0 Å². The van der Waals surface area contributed by atoms with Crippen LogP contribution in [-0.2, 0) is 4.79 Å². The van der Waals surface area contributed by atoms with E-state index in [1.165, 1.54) is 6.33 Å². The van der Waals surface area contributed by atoms with Crippen LogP contribution in [0.25, 0.3) is 0 Å². The fourth-order valence-electron chi connectivity index (χ4n) is 1.60. The first kappa shape index (κ1) is 14.2. The zero-order valence-corrected chi connectivity index (χ0v) is 11.2. The monoisotopic (exact) mass is 251 g/mol. The molecule has 6 heteroatoms. The van der Waals surface area contributed by atoms with Crippen LogP contribution in [0.2, 0.25) is 0 Å². The van der Waals surface area contributed by atoms with Gasteiger partial charge >= 0.3 is 0 Å². The smallest absolute Gasteiger partial charge is 0.219 e. The highest BCUT2D eigenvalue weighted by atomic mass is 16.1. The second-order valence-corrected chi connectivity index (χ2v) is 4.34. The molecule has 1 aromatic heterocycles. The lowest BCUT2D eigenvalue weighted by atomic mass is 10.2. The van der Waals surface area contributed by atoms with Gasteiger partial charge in [-0.2, -0.15) is 0 Å². The summed E-state index contributed by atoms with van der Waals surface area (Å²) in [5.74, 6) is 1.23. The van der Waals surface area contributed by atoms with E-state index >= 15 is 0 Å². The first-order chi connectivity index (χ1) is 8.54. The third-order valence-electron chi connectivity index (χ3n) is 2.52. The Morgan fingerprint density at radius 2 is 2.11 bits per heavy atom. The molecule has 1 heterocycles. The minimum Gasteiger partial charge on any atom is -0.370 e. The highest BCUT2D eigenvalue weighted by Crippen LogP contribution is 2.19. The number of nitrogens with two attached hydrogens (primary N) is 1. The van der Waals surface area contributed by atoms with Gasteiger partial charge in [-0.1, -0.05) is 6.92 Å². The van der Waals surface area contributed by atoms with E-state index in [1.807, 2.05) is 13.8 Å². The van der Waals surface area contributed by atoms with Crippen LogP contribution in [0.15, 0.2) is 6.33 Å². The maximum absolute atomic E-state index is 10.8. The molecule has 0 aromatic carbocycles. The van der Waals surface area contributed by atoms with Crippen molar-refractivity contribution in [1.29, 1.82) is 0 Å². The molecule has 18 heavy (non-hydrogen) atoms. The van der Waals surface area contributed by atoms with Gasteiger partial charge in [0.25, 0.3) is 0 Å². The first-order valence-corrected chi connectivity index (χ1v) is 6.14. The zero-order valence-electron chi connectivity index (χ0n) is 11.2. The van der Waals surface area contributed by atoms with Gasteiger partial charge in [0.15, 0.2) is 0 Å². The van der Waals surface area contributed by atoms with Gasteiger partial charge in [0.05, 0.1) is 0 Å². The highest BCUT2D eigenvalue weighted by molar-refractivity contribution is 5.75. The number of rotatable bonds is 7. The number of hydrogen-bond acceptors (Lipinski definition) is 5. The molecule has 0 fully saturated rings. The number of nitrogens with one attached hydrogen (secondary N) is 2. The Morgan fingerprint density at radius 3 is 2.72 bits per heavy atom. The predicted molar refractivity (Wildman–Crippen MR) is 72.4 cm³/mol. The Hall–Kier alpha value is -1.85. The molecule has 100 valence electrons. The number of hydrogen-bond donors (Lipinski definition) is 3. The van der Waals surface area contributed by atoms with Crippen LogP contribution in [0.4, 0.5) is 11.6 Å². The topological polar surface area (TPSA) is 92.9 Å². The quantitative estimate of drug-likeness (QED) is 0.679. The molecule has 1 rings (SSSR count). The molecule has 0 aliphatic rings. The molecular formula is C12H21N5O. The minimum absolute atomic E-state index is 0.0462. The fraction of sp³-hybridized carbons (Fsp3) is 0.583. The Balaban J connectivity index is 2.73. The second-order valence-electron chi connectivity index (χ2n) is 4.34. The molecule has 1 atom stereocenters. The summed E-state index contributed by atoms with van der Waals surface area (Å²) in [6.07, 6.45) is 2.82. The van der Waals surface area contributed by atoms with Gasteiger partial charge in [-0.15, -0.1) is 0 Å². The van der Waals surface area contributed by atoms with E-state index < -0.39 is 0 Å². The molecule has 0 aliphatic carbocycles. The lowest BCUT2D eigenvalue weighted by Crippen LogP contribution is -2.25. The Labute approximate surface area is 107 Å². The number of anilines is 2. The van der Waals surface area contributed by atoms with Crippen molar-refractivity contribution in [3.05, 3.63) is 11.9 Å². The maximum atomic E-state index is 10.8. The molecule has 0 spiro atoms. The van der Waals surface area contributed by atoms with E-state index in [9.17, 15) is 4.79 Å². The number of amides is 1. The number of nitrogens with zero attached hydrogens (tertiary/aromatic N) is 2. The third-order valence-corrected chi connectivity index (χ3v) is 2.52. The largest absolute Gasteiger partial charge is 0.370 e.